The third-order valence-electron chi connectivity index (χ3n) is 2.45. The van der Waals surface area contributed by atoms with Crippen molar-refractivity contribution in [3.63, 3.8) is 0 Å². The SMILES string of the molecule is Cn1cnc(S(=O)(=O)Nc2ccc(S(N)(=O)=O)c(Br)c2)c1. The maximum atomic E-state index is 12.1. The van der Waals surface area contributed by atoms with Crippen molar-refractivity contribution in [1.29, 1.82) is 0 Å². The van der Waals surface area contributed by atoms with Crippen LogP contribution in [0.2, 0.25) is 0 Å². The van der Waals surface area contributed by atoms with Crippen molar-refractivity contribution in [2.75, 3.05) is 4.72 Å². The van der Waals surface area contributed by atoms with Crippen LogP contribution in [0.25, 0.3) is 0 Å². The Balaban J connectivity index is 2.35. The highest BCUT2D eigenvalue weighted by Gasteiger charge is 2.19. The van der Waals surface area contributed by atoms with Crippen LogP contribution >= 0.6 is 15.9 Å². The second-order valence-corrected chi connectivity index (χ2v) is 8.19. The van der Waals surface area contributed by atoms with Gasteiger partial charge in [0.1, 0.15) is 0 Å². The van der Waals surface area contributed by atoms with E-state index in [9.17, 15) is 16.8 Å². The summed E-state index contributed by atoms with van der Waals surface area (Å²) in [6.45, 7) is 0. The van der Waals surface area contributed by atoms with Crippen LogP contribution in [-0.2, 0) is 27.1 Å². The van der Waals surface area contributed by atoms with Crippen molar-refractivity contribution in [2.45, 2.75) is 9.92 Å². The molecular formula is C10H11BrN4O4S2. The monoisotopic (exact) mass is 394 g/mol. The van der Waals surface area contributed by atoms with E-state index in [2.05, 4.69) is 25.6 Å². The lowest BCUT2D eigenvalue weighted by atomic mass is 10.3. The van der Waals surface area contributed by atoms with Crippen LogP contribution in [0.5, 0.6) is 0 Å². The van der Waals surface area contributed by atoms with E-state index in [1.807, 2.05) is 0 Å². The lowest BCUT2D eigenvalue weighted by Gasteiger charge is -2.08. The molecule has 0 aliphatic rings. The molecule has 0 aliphatic heterocycles. The number of nitrogens with one attached hydrogen (secondary N) is 1. The minimum Gasteiger partial charge on any atom is -0.339 e. The highest BCUT2D eigenvalue weighted by atomic mass is 79.9. The summed E-state index contributed by atoms with van der Waals surface area (Å²) < 4.78 is 50.6. The second kappa shape index (κ2) is 5.40. The van der Waals surface area contributed by atoms with Crippen LogP contribution in [0.1, 0.15) is 0 Å². The summed E-state index contributed by atoms with van der Waals surface area (Å²) >= 11 is 3.04. The smallest absolute Gasteiger partial charge is 0.280 e. The summed E-state index contributed by atoms with van der Waals surface area (Å²) in [5.74, 6) is 0. The van der Waals surface area contributed by atoms with E-state index in [1.54, 1.807) is 7.05 Å². The second-order valence-electron chi connectivity index (χ2n) is 4.17. The standard InChI is InChI=1S/C10H11BrN4O4S2/c1-15-5-10(13-6-15)21(18,19)14-7-2-3-9(8(11)4-7)20(12,16)17/h2-6,14H,1H3,(H2,12,16,17). The average molecular weight is 395 g/mol. The van der Waals surface area contributed by atoms with Gasteiger partial charge in [-0.15, -0.1) is 0 Å². The average Bonchev–Trinajstić information content (AvgIpc) is 2.74. The molecule has 21 heavy (non-hydrogen) atoms. The van der Waals surface area contributed by atoms with Crippen molar-refractivity contribution < 1.29 is 16.8 Å². The third kappa shape index (κ3) is 3.61. The van der Waals surface area contributed by atoms with Gasteiger partial charge in [-0.2, -0.15) is 8.42 Å². The van der Waals surface area contributed by atoms with Gasteiger partial charge in [0, 0.05) is 17.7 Å². The number of halogens is 1. The number of hydrogen-bond acceptors (Lipinski definition) is 5. The minimum atomic E-state index is -3.88. The molecule has 0 saturated carbocycles. The number of nitrogens with two attached hydrogens (primary N) is 1. The third-order valence-corrected chi connectivity index (χ3v) is 5.60. The molecule has 1 aromatic heterocycles. The molecule has 8 nitrogen and oxygen atoms in total. The fourth-order valence-corrected chi connectivity index (χ4v) is 4.21. The zero-order valence-corrected chi connectivity index (χ0v) is 13.9. The highest BCUT2D eigenvalue weighted by molar-refractivity contribution is 9.10. The number of primary sulfonamides is 1. The number of imidazole rings is 1. The summed E-state index contributed by atoms with van der Waals surface area (Å²) in [4.78, 5) is 3.61. The number of hydrogen-bond donors (Lipinski definition) is 2. The van der Waals surface area contributed by atoms with E-state index < -0.39 is 20.0 Å². The zero-order valence-electron chi connectivity index (χ0n) is 10.7. The minimum absolute atomic E-state index is 0.136. The predicted molar refractivity (Wildman–Crippen MR) is 79.5 cm³/mol. The van der Waals surface area contributed by atoms with E-state index in [1.165, 1.54) is 35.3 Å². The van der Waals surface area contributed by atoms with Gasteiger partial charge in [-0.1, -0.05) is 0 Å². The topological polar surface area (TPSA) is 124 Å². The number of sulfonamides is 2. The van der Waals surface area contributed by atoms with Crippen LogP contribution in [0.3, 0.4) is 0 Å². The van der Waals surface area contributed by atoms with E-state index >= 15 is 0 Å². The molecule has 0 amide bonds. The molecule has 1 aromatic carbocycles. The molecule has 2 rings (SSSR count). The number of anilines is 1. The first-order chi connectivity index (χ1) is 9.59. The lowest BCUT2D eigenvalue weighted by molar-refractivity contribution is 0.596. The van der Waals surface area contributed by atoms with Gasteiger partial charge in [-0.3, -0.25) is 4.72 Å². The van der Waals surface area contributed by atoms with E-state index in [0.29, 0.717) is 0 Å². The van der Waals surface area contributed by atoms with Gasteiger partial charge >= 0.3 is 0 Å². The highest BCUT2D eigenvalue weighted by Crippen LogP contribution is 2.25. The van der Waals surface area contributed by atoms with Crippen LogP contribution in [0, 0.1) is 0 Å². The first-order valence-electron chi connectivity index (χ1n) is 5.43. The number of aryl methyl sites for hydroxylation is 1. The number of benzene rings is 1. The zero-order chi connectivity index (χ0) is 15.8. The Labute approximate surface area is 130 Å². The van der Waals surface area contributed by atoms with Crippen molar-refractivity contribution >= 4 is 41.7 Å². The molecule has 0 saturated heterocycles. The molecule has 0 radical (unpaired) electrons. The Morgan fingerprint density at radius 1 is 1.29 bits per heavy atom. The van der Waals surface area contributed by atoms with Crippen LogP contribution in [-0.4, -0.2) is 26.4 Å². The van der Waals surface area contributed by atoms with Gasteiger partial charge in [-0.25, -0.2) is 18.5 Å². The lowest BCUT2D eigenvalue weighted by Crippen LogP contribution is -2.15. The quantitative estimate of drug-likeness (QED) is 0.786. The molecule has 0 fully saturated rings. The fourth-order valence-electron chi connectivity index (χ4n) is 1.53. The van der Waals surface area contributed by atoms with E-state index in [4.69, 9.17) is 5.14 Å². The Morgan fingerprint density at radius 3 is 2.43 bits per heavy atom. The predicted octanol–water partition coefficient (Wildman–Crippen LogP) is 0.631. The molecule has 0 atom stereocenters. The first-order valence-corrected chi connectivity index (χ1v) is 9.25. The molecule has 114 valence electrons. The van der Waals surface area contributed by atoms with Crippen LogP contribution in [0.4, 0.5) is 5.69 Å². The Kier molecular flexibility index (Phi) is 4.10. The van der Waals surface area contributed by atoms with Gasteiger partial charge in [0.25, 0.3) is 10.0 Å². The Hall–Kier alpha value is -1.43. The largest absolute Gasteiger partial charge is 0.339 e. The fraction of sp³-hybridized carbons (Fsp3) is 0.100. The molecular weight excluding hydrogens is 384 g/mol. The Bertz CT molecular complexity index is 890. The maximum Gasteiger partial charge on any atom is 0.280 e. The van der Waals surface area contributed by atoms with Crippen LogP contribution in [0.15, 0.2) is 45.1 Å². The van der Waals surface area contributed by atoms with E-state index in [-0.39, 0.29) is 20.1 Å². The molecule has 0 unspecified atom stereocenters. The van der Waals surface area contributed by atoms with Gasteiger partial charge in [0.2, 0.25) is 10.0 Å². The van der Waals surface area contributed by atoms with Gasteiger partial charge < -0.3 is 4.57 Å². The normalized spacial score (nSPS) is 12.3. The van der Waals surface area contributed by atoms with Crippen LogP contribution < -0.4 is 9.86 Å². The summed E-state index contributed by atoms with van der Waals surface area (Å²) in [7, 11) is -6.08. The molecule has 11 heteroatoms. The molecule has 0 bridgehead atoms. The molecule has 0 spiro atoms. The summed E-state index contributed by atoms with van der Waals surface area (Å²) in [6, 6.07) is 3.81. The van der Waals surface area contributed by atoms with Gasteiger partial charge in [0.05, 0.1) is 16.9 Å². The van der Waals surface area contributed by atoms with Gasteiger partial charge in [-0.05, 0) is 34.1 Å². The van der Waals surface area contributed by atoms with Crippen molar-refractivity contribution in [2.24, 2.45) is 12.2 Å². The van der Waals surface area contributed by atoms with Crippen molar-refractivity contribution in [1.82, 2.24) is 9.55 Å². The number of aromatic nitrogens is 2. The Morgan fingerprint density at radius 2 is 1.95 bits per heavy atom. The van der Waals surface area contributed by atoms with E-state index in [0.717, 1.165) is 0 Å². The van der Waals surface area contributed by atoms with Gasteiger partial charge in [0.15, 0.2) is 5.03 Å². The number of nitrogens with zero attached hydrogens (tertiary/aromatic N) is 2. The van der Waals surface area contributed by atoms with Crippen molar-refractivity contribution in [3.8, 4) is 0 Å². The number of rotatable bonds is 4. The summed E-state index contributed by atoms with van der Waals surface area (Å²) in [5, 5.41) is 4.88. The molecule has 1 heterocycles. The van der Waals surface area contributed by atoms with Crippen molar-refractivity contribution in [3.05, 3.63) is 35.2 Å². The maximum absolute atomic E-state index is 12.1. The summed E-state index contributed by atoms with van der Waals surface area (Å²) in [6.07, 6.45) is 2.70. The molecule has 3 N–H and O–H groups in total. The summed E-state index contributed by atoms with van der Waals surface area (Å²) in [5.41, 5.74) is 0.180. The molecule has 0 aliphatic carbocycles. The first kappa shape index (κ1) is 15.9. The molecule has 2 aromatic rings.